The minimum absolute atomic E-state index is 0.109. The number of nitrogens with one attached hydrogen (secondary N) is 4. The molecule has 524 valence electrons. The summed E-state index contributed by atoms with van der Waals surface area (Å²) in [7, 11) is 3.79. The maximum atomic E-state index is 13.3. The second-order valence-corrected chi connectivity index (χ2v) is 25.3. The number of phenolic OH excluding ortho intramolecular Hbond substituents is 1. The van der Waals surface area contributed by atoms with Gasteiger partial charge >= 0.3 is 23.9 Å². The Bertz CT molecular complexity index is 4440. The molecule has 9 aromatic carbocycles. The number of nitrogens with zero attached hydrogens (tertiary/aromatic N) is 4. The third kappa shape index (κ3) is 18.6. The van der Waals surface area contributed by atoms with E-state index in [1.165, 1.54) is 68.9 Å². The summed E-state index contributed by atoms with van der Waals surface area (Å²) < 4.78 is 20.1. The van der Waals surface area contributed by atoms with E-state index in [9.17, 15) is 43.5 Å². The SMILES string of the molecule is COC(=O)c1cccc(C(=O)NNC(=O)c2ccc(C(c3cccc(O)c3)N3CC(C)N(Cc4ccccc4)CC3C)cc2)c1.COC(=O)c1cccc(C(=O)NNC(=O)c2ccc(C(c3cccc(OC(=O)c4cccc(C(=O)OC)c4)c3)N3CC(C)N(Cc4ccccc4)CC3C)cc2)c1. The highest BCUT2D eigenvalue weighted by atomic mass is 16.5. The molecule has 0 radical (unpaired) electrons. The Morgan fingerprint density at radius 3 is 1.09 bits per heavy atom. The molecular formula is C81H82N8O13. The van der Waals surface area contributed by atoms with Crippen molar-refractivity contribution in [3.8, 4) is 11.5 Å². The Balaban J connectivity index is 0.000000226. The summed E-state index contributed by atoms with van der Waals surface area (Å²) in [4.78, 5) is 110. The minimum atomic E-state index is -0.621. The number of amides is 4. The summed E-state index contributed by atoms with van der Waals surface area (Å²) in [5.74, 6) is -3.97. The number of hydrogen-bond donors (Lipinski definition) is 5. The van der Waals surface area contributed by atoms with Gasteiger partial charge in [0.05, 0.1) is 55.7 Å². The Hall–Kier alpha value is -11.6. The number of aromatic hydroxyl groups is 1. The molecule has 21 heteroatoms. The lowest BCUT2D eigenvalue weighted by Gasteiger charge is -2.47. The molecule has 5 N–H and O–H groups in total. The molecule has 102 heavy (non-hydrogen) atoms. The molecule has 0 bridgehead atoms. The maximum Gasteiger partial charge on any atom is 0.343 e. The smallest absolute Gasteiger partial charge is 0.343 e. The van der Waals surface area contributed by atoms with Crippen LogP contribution in [0, 0.1) is 0 Å². The fourth-order valence-corrected chi connectivity index (χ4v) is 12.9. The highest BCUT2D eigenvalue weighted by Crippen LogP contribution is 2.38. The first-order valence-corrected chi connectivity index (χ1v) is 33.4. The third-order valence-corrected chi connectivity index (χ3v) is 18.2. The van der Waals surface area contributed by atoms with Crippen molar-refractivity contribution in [3.05, 3.63) is 308 Å². The van der Waals surface area contributed by atoms with Gasteiger partial charge in [0.25, 0.3) is 23.6 Å². The third-order valence-electron chi connectivity index (χ3n) is 18.2. The zero-order valence-electron chi connectivity index (χ0n) is 57.8. The lowest BCUT2D eigenvalue weighted by atomic mass is 9.92. The molecule has 0 spiro atoms. The van der Waals surface area contributed by atoms with Gasteiger partial charge in [-0.3, -0.25) is 60.5 Å². The molecule has 9 aromatic rings. The van der Waals surface area contributed by atoms with Crippen LogP contribution in [-0.4, -0.2) is 144 Å². The summed E-state index contributed by atoms with van der Waals surface area (Å²) in [6, 6.07) is 68.6. The fourth-order valence-electron chi connectivity index (χ4n) is 12.9. The van der Waals surface area contributed by atoms with E-state index in [0.717, 1.165) is 61.5 Å². The highest BCUT2D eigenvalue weighted by Gasteiger charge is 2.37. The zero-order chi connectivity index (χ0) is 72.4. The largest absolute Gasteiger partial charge is 0.508 e. The molecule has 4 amide bonds. The van der Waals surface area contributed by atoms with Crippen LogP contribution in [-0.2, 0) is 27.3 Å². The monoisotopic (exact) mass is 1370 g/mol. The van der Waals surface area contributed by atoms with Crippen molar-refractivity contribution in [2.45, 2.75) is 77.0 Å². The second-order valence-electron chi connectivity index (χ2n) is 25.3. The van der Waals surface area contributed by atoms with Gasteiger partial charge in [0, 0.05) is 85.7 Å². The van der Waals surface area contributed by atoms with Crippen LogP contribution in [0.1, 0.15) is 156 Å². The number of carbonyl (C=O) groups excluding carboxylic acids is 8. The van der Waals surface area contributed by atoms with Gasteiger partial charge in [-0.25, -0.2) is 19.2 Å². The fraction of sp³-hybridized carbons (Fsp3) is 0.235. The van der Waals surface area contributed by atoms with Gasteiger partial charge in [0.15, 0.2) is 0 Å². The van der Waals surface area contributed by atoms with E-state index >= 15 is 0 Å². The molecule has 0 saturated carbocycles. The molecule has 2 heterocycles. The Morgan fingerprint density at radius 1 is 0.353 bits per heavy atom. The van der Waals surface area contributed by atoms with Crippen LogP contribution >= 0.6 is 0 Å². The quantitative estimate of drug-likeness (QED) is 0.0218. The number of carbonyl (C=O) groups is 8. The lowest BCUT2D eigenvalue weighted by Crippen LogP contribution is -2.56. The molecular weight excluding hydrogens is 1290 g/mol. The summed E-state index contributed by atoms with van der Waals surface area (Å²) in [5.41, 5.74) is 17.9. The number of phenols is 1. The Morgan fingerprint density at radius 2 is 0.696 bits per heavy atom. The molecule has 21 nitrogen and oxygen atoms in total. The van der Waals surface area contributed by atoms with Crippen LogP contribution in [0.25, 0.3) is 0 Å². The van der Waals surface area contributed by atoms with Crippen LogP contribution in [0.3, 0.4) is 0 Å². The number of benzene rings is 9. The van der Waals surface area contributed by atoms with Gasteiger partial charge < -0.3 is 24.1 Å². The van der Waals surface area contributed by atoms with Crippen LogP contribution in [0.2, 0.25) is 0 Å². The normalized spacial score (nSPS) is 16.8. The van der Waals surface area contributed by atoms with Crippen molar-refractivity contribution in [1.29, 1.82) is 0 Å². The molecule has 6 unspecified atom stereocenters. The number of ether oxygens (including phenoxy) is 4. The van der Waals surface area contributed by atoms with E-state index in [2.05, 4.69) is 118 Å². The zero-order valence-corrected chi connectivity index (χ0v) is 57.8. The van der Waals surface area contributed by atoms with Crippen molar-refractivity contribution in [2.75, 3.05) is 47.5 Å². The standard InChI is InChI=1S/C45H44N4O8.C36H38N4O5/c1-29-27-49(30(2)26-48(29)28-31-11-6-5-7-12-31)40(34-13-10-18-39(25-34)57-45(54)38-17-9-16-37(24-38)44(53)56-4)32-19-21-33(22-20-32)41(50)46-47-42(51)35-14-8-15-36(23-35)43(52)55-3;1-24-22-40(25(2)21-39(24)23-26-9-5-4-6-10-26)33(29-11-8-14-32(41)20-29)27-15-17-28(18-16-27)34(42)37-38-35(43)30-12-7-13-31(19-30)36(44)45-3/h5-25,29-30,40H,26-28H2,1-4H3,(H,46,50)(H,47,51);4-20,24-25,33,41H,21-23H2,1-3H3,(H,37,42)(H,38,43). The van der Waals surface area contributed by atoms with Gasteiger partial charge in [-0.15, -0.1) is 0 Å². The summed E-state index contributed by atoms with van der Waals surface area (Å²) in [5, 5.41) is 10.4. The van der Waals surface area contributed by atoms with Gasteiger partial charge in [-0.05, 0) is 164 Å². The molecule has 2 aliphatic rings. The van der Waals surface area contributed by atoms with Gasteiger partial charge in [-0.2, -0.15) is 0 Å². The van der Waals surface area contributed by atoms with Crippen molar-refractivity contribution < 1.29 is 62.4 Å². The Labute approximate surface area is 592 Å². The summed E-state index contributed by atoms with van der Waals surface area (Å²) >= 11 is 0. The van der Waals surface area contributed by atoms with Crippen LogP contribution in [0.5, 0.6) is 11.5 Å². The summed E-state index contributed by atoms with van der Waals surface area (Å²) in [6.45, 7) is 13.8. The van der Waals surface area contributed by atoms with Crippen molar-refractivity contribution in [2.24, 2.45) is 0 Å². The van der Waals surface area contributed by atoms with E-state index in [-0.39, 0.29) is 69.3 Å². The number of esters is 4. The average Bonchev–Trinajstić information content (AvgIpc) is 0.787. The molecule has 2 aliphatic heterocycles. The highest BCUT2D eigenvalue weighted by molar-refractivity contribution is 6.02. The molecule has 0 aliphatic carbocycles. The van der Waals surface area contributed by atoms with E-state index in [1.54, 1.807) is 78.9 Å². The topological polar surface area (TPSA) is 255 Å². The number of hydrazine groups is 2. The lowest BCUT2D eigenvalue weighted by molar-refractivity contribution is 0.0195. The maximum absolute atomic E-state index is 13.3. The summed E-state index contributed by atoms with van der Waals surface area (Å²) in [6.07, 6.45) is 0. The van der Waals surface area contributed by atoms with Gasteiger partial charge in [-0.1, -0.05) is 127 Å². The first-order valence-electron chi connectivity index (χ1n) is 33.4. The second kappa shape index (κ2) is 34.4. The molecule has 11 rings (SSSR count). The molecule has 2 fully saturated rings. The minimum Gasteiger partial charge on any atom is -0.508 e. The van der Waals surface area contributed by atoms with Crippen LogP contribution < -0.4 is 26.4 Å². The number of piperazine rings is 2. The van der Waals surface area contributed by atoms with E-state index in [1.807, 2.05) is 66.7 Å². The molecule has 2 saturated heterocycles. The predicted molar refractivity (Wildman–Crippen MR) is 384 cm³/mol. The van der Waals surface area contributed by atoms with Crippen molar-refractivity contribution in [1.82, 2.24) is 41.3 Å². The van der Waals surface area contributed by atoms with Crippen LogP contribution in [0.4, 0.5) is 0 Å². The van der Waals surface area contributed by atoms with E-state index < -0.39 is 47.5 Å². The molecule has 6 atom stereocenters. The average molecular weight is 1380 g/mol. The van der Waals surface area contributed by atoms with Gasteiger partial charge in [0.2, 0.25) is 0 Å². The Kier molecular flexibility index (Phi) is 24.7. The number of rotatable bonds is 19. The first kappa shape index (κ1) is 73.1. The van der Waals surface area contributed by atoms with E-state index in [0.29, 0.717) is 22.9 Å². The van der Waals surface area contributed by atoms with E-state index in [4.69, 9.17) is 18.9 Å². The predicted octanol–water partition coefficient (Wildman–Crippen LogP) is 11.2. The van der Waals surface area contributed by atoms with Crippen molar-refractivity contribution in [3.63, 3.8) is 0 Å². The van der Waals surface area contributed by atoms with Crippen LogP contribution in [0.15, 0.2) is 231 Å². The van der Waals surface area contributed by atoms with Gasteiger partial charge in [0.1, 0.15) is 11.5 Å². The van der Waals surface area contributed by atoms with Crippen molar-refractivity contribution >= 4 is 47.5 Å². The first-order chi connectivity index (χ1) is 49.3. The molecule has 0 aromatic heterocycles. The number of hydrogen-bond acceptors (Lipinski definition) is 17. The number of methoxy groups -OCH3 is 3.